The quantitative estimate of drug-likeness (QED) is 0.605. The van der Waals surface area contributed by atoms with E-state index in [1.807, 2.05) is 12.1 Å². The van der Waals surface area contributed by atoms with Gasteiger partial charge in [-0.2, -0.15) is 4.57 Å². The van der Waals surface area contributed by atoms with E-state index in [0.29, 0.717) is 0 Å². The van der Waals surface area contributed by atoms with Crippen LogP contribution in [-0.4, -0.2) is 0 Å². The summed E-state index contributed by atoms with van der Waals surface area (Å²) < 4.78 is 2.25. The van der Waals surface area contributed by atoms with Crippen LogP contribution in [-0.2, 0) is 7.05 Å². The van der Waals surface area contributed by atoms with Crippen molar-refractivity contribution in [3.05, 3.63) is 72.3 Å². The van der Waals surface area contributed by atoms with Crippen LogP contribution in [0, 0.1) is 6.92 Å². The van der Waals surface area contributed by atoms with Crippen molar-refractivity contribution in [3.63, 3.8) is 0 Å². The summed E-state index contributed by atoms with van der Waals surface area (Å²) >= 11 is 0. The minimum Gasteiger partial charge on any atom is -0.194 e. The van der Waals surface area contributed by atoms with Gasteiger partial charge in [0.25, 0.3) is 0 Å². The third-order valence-electron chi connectivity index (χ3n) is 3.89. The van der Waals surface area contributed by atoms with Crippen molar-refractivity contribution in [1.82, 2.24) is 0 Å². The third kappa shape index (κ3) is 1.92. The second-order valence-corrected chi connectivity index (χ2v) is 5.08. The van der Waals surface area contributed by atoms with E-state index in [4.69, 9.17) is 0 Å². The molecule has 0 saturated heterocycles. The number of nitrogens with zero attached hydrogens (tertiary/aromatic N) is 1. The SMILES string of the molecule is C=Cc1ccccc1-c1ccc2c(C)cccc2[n+]1C. The molecule has 98 valence electrons. The minimum absolute atomic E-state index is 1.16. The summed E-state index contributed by atoms with van der Waals surface area (Å²) in [6, 6.07) is 19.2. The van der Waals surface area contributed by atoms with Gasteiger partial charge in [0, 0.05) is 17.5 Å². The van der Waals surface area contributed by atoms with Crippen molar-refractivity contribution in [2.45, 2.75) is 6.92 Å². The van der Waals surface area contributed by atoms with Crippen LogP contribution in [0.25, 0.3) is 28.2 Å². The number of pyridine rings is 1. The second-order valence-electron chi connectivity index (χ2n) is 5.08. The van der Waals surface area contributed by atoms with Gasteiger partial charge in [-0.3, -0.25) is 0 Å². The average molecular weight is 260 g/mol. The number of rotatable bonds is 2. The van der Waals surface area contributed by atoms with Crippen LogP contribution >= 0.6 is 0 Å². The molecule has 0 N–H and O–H groups in total. The van der Waals surface area contributed by atoms with Crippen LogP contribution in [0.4, 0.5) is 0 Å². The predicted octanol–water partition coefficient (Wildman–Crippen LogP) is 4.28. The largest absolute Gasteiger partial charge is 0.213 e. The average Bonchev–Trinajstić information content (AvgIpc) is 2.48. The Bertz CT molecular complexity index is 800. The number of hydrogen-bond acceptors (Lipinski definition) is 0. The molecule has 1 heterocycles. The molecule has 20 heavy (non-hydrogen) atoms. The maximum atomic E-state index is 3.91. The zero-order chi connectivity index (χ0) is 14.1. The summed E-state index contributed by atoms with van der Waals surface area (Å²) in [7, 11) is 2.12. The predicted molar refractivity (Wildman–Crippen MR) is 85.4 cm³/mol. The van der Waals surface area contributed by atoms with Gasteiger partial charge in [0.15, 0.2) is 0 Å². The number of benzene rings is 2. The molecule has 0 radical (unpaired) electrons. The Labute approximate surface area is 119 Å². The molecule has 3 rings (SSSR count). The molecule has 1 aromatic heterocycles. The van der Waals surface area contributed by atoms with Gasteiger partial charge in [-0.1, -0.05) is 43.0 Å². The van der Waals surface area contributed by atoms with E-state index in [9.17, 15) is 0 Å². The molecule has 3 aromatic rings. The van der Waals surface area contributed by atoms with E-state index in [-0.39, 0.29) is 0 Å². The number of aromatic nitrogens is 1. The number of fused-ring (bicyclic) bond motifs is 1. The summed E-state index contributed by atoms with van der Waals surface area (Å²) in [5, 5.41) is 1.30. The fraction of sp³-hybridized carbons (Fsp3) is 0.105. The molecule has 0 saturated carbocycles. The fourth-order valence-corrected chi connectivity index (χ4v) is 2.76. The lowest BCUT2D eigenvalue weighted by Crippen LogP contribution is -2.32. The van der Waals surface area contributed by atoms with E-state index >= 15 is 0 Å². The molecule has 0 amide bonds. The molecule has 0 aliphatic rings. The van der Waals surface area contributed by atoms with Crippen LogP contribution in [0.3, 0.4) is 0 Å². The van der Waals surface area contributed by atoms with E-state index in [1.165, 1.54) is 27.7 Å². The highest BCUT2D eigenvalue weighted by atomic mass is 14.9. The zero-order valence-electron chi connectivity index (χ0n) is 11.9. The molecular formula is C19H18N+. The van der Waals surface area contributed by atoms with Crippen LogP contribution < -0.4 is 4.57 Å². The van der Waals surface area contributed by atoms with Gasteiger partial charge >= 0.3 is 0 Å². The van der Waals surface area contributed by atoms with Gasteiger partial charge in [0.1, 0.15) is 7.05 Å². The first-order chi connectivity index (χ1) is 9.72. The van der Waals surface area contributed by atoms with Crippen molar-refractivity contribution in [2.24, 2.45) is 7.05 Å². The van der Waals surface area contributed by atoms with Gasteiger partial charge < -0.3 is 0 Å². The monoisotopic (exact) mass is 260 g/mol. The molecule has 0 aliphatic heterocycles. The van der Waals surface area contributed by atoms with Gasteiger partial charge in [0.2, 0.25) is 11.2 Å². The second kappa shape index (κ2) is 4.93. The Balaban J connectivity index is 2.33. The molecule has 2 aromatic carbocycles. The highest BCUT2D eigenvalue weighted by molar-refractivity contribution is 5.82. The lowest BCUT2D eigenvalue weighted by Gasteiger charge is -2.07. The highest BCUT2D eigenvalue weighted by Gasteiger charge is 2.16. The maximum Gasteiger partial charge on any atom is 0.213 e. The summed E-state index contributed by atoms with van der Waals surface area (Å²) in [5.41, 5.74) is 6.14. The van der Waals surface area contributed by atoms with Crippen LogP contribution in [0.1, 0.15) is 11.1 Å². The topological polar surface area (TPSA) is 3.88 Å². The summed E-state index contributed by atoms with van der Waals surface area (Å²) in [6.07, 6.45) is 1.91. The maximum absolute atomic E-state index is 3.91. The van der Waals surface area contributed by atoms with Crippen molar-refractivity contribution in [1.29, 1.82) is 0 Å². The first-order valence-electron chi connectivity index (χ1n) is 6.82. The van der Waals surface area contributed by atoms with Crippen LogP contribution in [0.15, 0.2) is 61.2 Å². The van der Waals surface area contributed by atoms with Gasteiger partial charge in [-0.25, -0.2) is 0 Å². The lowest BCUT2D eigenvalue weighted by molar-refractivity contribution is -0.633. The van der Waals surface area contributed by atoms with Gasteiger partial charge in [-0.05, 0) is 30.2 Å². The first kappa shape index (κ1) is 12.6. The summed E-state index contributed by atoms with van der Waals surface area (Å²) in [6.45, 7) is 6.07. The molecule has 1 heteroatoms. The Morgan fingerprint density at radius 2 is 1.75 bits per heavy atom. The van der Waals surface area contributed by atoms with Crippen molar-refractivity contribution < 1.29 is 4.57 Å². The molecule has 1 nitrogen and oxygen atoms in total. The van der Waals surface area contributed by atoms with E-state index in [0.717, 1.165) is 5.56 Å². The van der Waals surface area contributed by atoms with Gasteiger partial charge in [0.05, 0.1) is 5.56 Å². The highest BCUT2D eigenvalue weighted by Crippen LogP contribution is 2.24. The Morgan fingerprint density at radius 1 is 0.950 bits per heavy atom. The smallest absolute Gasteiger partial charge is 0.194 e. The zero-order valence-corrected chi connectivity index (χ0v) is 11.9. The Hall–Kier alpha value is -2.41. The van der Waals surface area contributed by atoms with E-state index < -0.39 is 0 Å². The number of aryl methyl sites for hydroxylation is 2. The summed E-state index contributed by atoms with van der Waals surface area (Å²) in [5.74, 6) is 0. The van der Waals surface area contributed by atoms with Crippen LogP contribution in [0.5, 0.6) is 0 Å². The van der Waals surface area contributed by atoms with Crippen molar-refractivity contribution in [3.8, 4) is 11.3 Å². The van der Waals surface area contributed by atoms with E-state index in [1.54, 1.807) is 0 Å². The molecule has 0 unspecified atom stereocenters. The standard InChI is InChI=1S/C19H18N/c1-4-15-9-5-6-10-17(15)19-13-12-16-14(2)8-7-11-18(16)20(19)3/h4-13H,1H2,2-3H3/q+1. The minimum atomic E-state index is 1.16. The third-order valence-corrected chi connectivity index (χ3v) is 3.89. The molecular weight excluding hydrogens is 242 g/mol. The van der Waals surface area contributed by atoms with Gasteiger partial charge in [-0.15, -0.1) is 0 Å². The first-order valence-corrected chi connectivity index (χ1v) is 6.82. The Kier molecular flexibility index (Phi) is 3.11. The molecule has 0 fully saturated rings. The summed E-state index contributed by atoms with van der Waals surface area (Å²) in [4.78, 5) is 0. The molecule has 0 spiro atoms. The molecule has 0 bridgehead atoms. The molecule has 0 aliphatic carbocycles. The van der Waals surface area contributed by atoms with Crippen LogP contribution in [0.2, 0.25) is 0 Å². The van der Waals surface area contributed by atoms with Crippen molar-refractivity contribution in [2.75, 3.05) is 0 Å². The molecule has 0 atom stereocenters. The fourth-order valence-electron chi connectivity index (χ4n) is 2.76. The van der Waals surface area contributed by atoms with E-state index in [2.05, 4.69) is 73.6 Å². The Morgan fingerprint density at radius 3 is 2.55 bits per heavy atom. The lowest BCUT2D eigenvalue weighted by atomic mass is 10.0. The normalized spacial score (nSPS) is 10.7. The number of hydrogen-bond donors (Lipinski definition) is 0. The van der Waals surface area contributed by atoms with Crippen molar-refractivity contribution >= 4 is 17.0 Å².